The predicted molar refractivity (Wildman–Crippen MR) is 59.5 cm³/mol. The molecular weight excluding hydrogens is 190 g/mol. The van der Waals surface area contributed by atoms with Crippen molar-refractivity contribution in [1.29, 1.82) is 0 Å². The number of Topliss-reactive ketones (excluding diaryl/α,β-unsaturated/α-hetero) is 1. The number of hydrogen-bond acceptors (Lipinski definition) is 3. The highest BCUT2D eigenvalue weighted by Crippen LogP contribution is 2.21. The fourth-order valence-corrected chi connectivity index (χ4v) is 1.58. The van der Waals surface area contributed by atoms with E-state index in [1.54, 1.807) is 7.05 Å². The van der Waals surface area contributed by atoms with Crippen molar-refractivity contribution in [3.8, 4) is 0 Å². The van der Waals surface area contributed by atoms with Gasteiger partial charge in [0.2, 0.25) is 0 Å². The van der Waals surface area contributed by atoms with Gasteiger partial charge in [0.05, 0.1) is 12.0 Å². The van der Waals surface area contributed by atoms with E-state index in [4.69, 9.17) is 0 Å². The third kappa shape index (κ3) is 3.15. The molecule has 1 aromatic carbocycles. The minimum absolute atomic E-state index is 0.000651. The summed E-state index contributed by atoms with van der Waals surface area (Å²) < 4.78 is 0. The number of benzene rings is 1. The largest absolute Gasteiger partial charge is 0.388 e. The maximum absolute atomic E-state index is 11.3. The molecule has 2 unspecified atom stereocenters. The van der Waals surface area contributed by atoms with E-state index in [1.165, 1.54) is 6.92 Å². The molecule has 0 aromatic heterocycles. The van der Waals surface area contributed by atoms with Crippen molar-refractivity contribution in [2.45, 2.75) is 13.0 Å². The Morgan fingerprint density at radius 3 is 2.47 bits per heavy atom. The maximum atomic E-state index is 11.3. The van der Waals surface area contributed by atoms with E-state index < -0.39 is 6.10 Å². The molecule has 2 atom stereocenters. The Labute approximate surface area is 90.1 Å². The summed E-state index contributed by atoms with van der Waals surface area (Å²) in [7, 11) is 1.77. The second-order valence-corrected chi connectivity index (χ2v) is 3.63. The van der Waals surface area contributed by atoms with Crippen molar-refractivity contribution >= 4 is 5.78 Å². The van der Waals surface area contributed by atoms with Crippen LogP contribution in [0.5, 0.6) is 0 Å². The molecular formula is C12H17NO2. The predicted octanol–water partition coefficient (Wildman–Crippen LogP) is 1.14. The Morgan fingerprint density at radius 1 is 1.40 bits per heavy atom. The zero-order valence-electron chi connectivity index (χ0n) is 9.10. The highest BCUT2D eigenvalue weighted by Gasteiger charge is 2.23. The Hall–Kier alpha value is -1.19. The van der Waals surface area contributed by atoms with Gasteiger partial charge in [0.25, 0.3) is 0 Å². The molecule has 1 rings (SSSR count). The molecule has 0 aliphatic rings. The van der Waals surface area contributed by atoms with Crippen molar-refractivity contribution < 1.29 is 9.90 Å². The summed E-state index contributed by atoms with van der Waals surface area (Å²) in [5, 5.41) is 12.9. The van der Waals surface area contributed by atoms with E-state index in [0.29, 0.717) is 6.54 Å². The molecule has 0 aliphatic carbocycles. The quantitative estimate of drug-likeness (QED) is 0.761. The number of ketones is 1. The van der Waals surface area contributed by atoms with E-state index in [1.807, 2.05) is 30.3 Å². The highest BCUT2D eigenvalue weighted by atomic mass is 16.3. The molecule has 3 heteroatoms. The van der Waals surface area contributed by atoms with Crippen LogP contribution in [0.25, 0.3) is 0 Å². The van der Waals surface area contributed by atoms with E-state index in [9.17, 15) is 9.90 Å². The van der Waals surface area contributed by atoms with Crippen LogP contribution in [0.15, 0.2) is 30.3 Å². The van der Waals surface area contributed by atoms with Crippen LogP contribution in [-0.2, 0) is 4.79 Å². The number of hydrogen-bond donors (Lipinski definition) is 2. The van der Waals surface area contributed by atoms with Gasteiger partial charge >= 0.3 is 0 Å². The minimum Gasteiger partial charge on any atom is -0.388 e. The van der Waals surface area contributed by atoms with Crippen LogP contribution in [-0.4, -0.2) is 24.5 Å². The molecule has 0 bridgehead atoms. The topological polar surface area (TPSA) is 49.3 Å². The Balaban J connectivity index is 2.81. The lowest BCUT2D eigenvalue weighted by Crippen LogP contribution is -2.30. The van der Waals surface area contributed by atoms with Gasteiger partial charge in [-0.2, -0.15) is 0 Å². The van der Waals surface area contributed by atoms with Crippen molar-refractivity contribution in [1.82, 2.24) is 5.32 Å². The maximum Gasteiger partial charge on any atom is 0.137 e. The van der Waals surface area contributed by atoms with Crippen molar-refractivity contribution in [2.75, 3.05) is 13.6 Å². The molecule has 15 heavy (non-hydrogen) atoms. The first-order valence-electron chi connectivity index (χ1n) is 5.05. The van der Waals surface area contributed by atoms with Gasteiger partial charge in [0, 0.05) is 6.54 Å². The normalized spacial score (nSPS) is 14.6. The summed E-state index contributed by atoms with van der Waals surface area (Å²) in [6.07, 6.45) is -0.726. The summed E-state index contributed by atoms with van der Waals surface area (Å²) in [4.78, 5) is 11.3. The summed E-state index contributed by atoms with van der Waals surface area (Å²) in [5.41, 5.74) is 0.785. The van der Waals surface area contributed by atoms with Crippen LogP contribution < -0.4 is 5.32 Å². The lowest BCUT2D eigenvalue weighted by Gasteiger charge is -2.20. The SMILES string of the molecule is CNCC(C(C)=O)C(O)c1ccccc1. The Bertz CT molecular complexity index is 311. The van der Waals surface area contributed by atoms with E-state index in [-0.39, 0.29) is 11.7 Å². The molecule has 0 fully saturated rings. The molecule has 0 saturated heterocycles. The third-order valence-electron chi connectivity index (χ3n) is 2.47. The highest BCUT2D eigenvalue weighted by molar-refractivity contribution is 5.79. The molecule has 82 valence electrons. The van der Waals surface area contributed by atoms with Crippen LogP contribution in [0.2, 0.25) is 0 Å². The van der Waals surface area contributed by atoms with Crippen LogP contribution in [0.4, 0.5) is 0 Å². The Morgan fingerprint density at radius 2 is 2.00 bits per heavy atom. The number of nitrogens with one attached hydrogen (secondary N) is 1. The van der Waals surface area contributed by atoms with Gasteiger partial charge in [-0.05, 0) is 19.5 Å². The summed E-state index contributed by atoms with van der Waals surface area (Å²) in [6, 6.07) is 9.26. The lowest BCUT2D eigenvalue weighted by molar-refractivity contribution is -0.124. The number of carbonyl (C=O) groups is 1. The zero-order valence-corrected chi connectivity index (χ0v) is 9.10. The van der Waals surface area contributed by atoms with Crippen molar-refractivity contribution in [2.24, 2.45) is 5.92 Å². The average molecular weight is 207 g/mol. The monoisotopic (exact) mass is 207 g/mol. The molecule has 0 aliphatic heterocycles. The number of carbonyl (C=O) groups excluding carboxylic acids is 1. The first kappa shape index (κ1) is 11.9. The second-order valence-electron chi connectivity index (χ2n) is 3.63. The van der Waals surface area contributed by atoms with Gasteiger partial charge in [-0.25, -0.2) is 0 Å². The molecule has 3 nitrogen and oxygen atoms in total. The van der Waals surface area contributed by atoms with Crippen molar-refractivity contribution in [3.05, 3.63) is 35.9 Å². The fourth-order valence-electron chi connectivity index (χ4n) is 1.58. The van der Waals surface area contributed by atoms with Gasteiger partial charge in [-0.1, -0.05) is 30.3 Å². The summed E-state index contributed by atoms with van der Waals surface area (Å²) >= 11 is 0. The van der Waals surface area contributed by atoms with E-state index >= 15 is 0 Å². The molecule has 1 aromatic rings. The smallest absolute Gasteiger partial charge is 0.137 e. The second kappa shape index (κ2) is 5.63. The first-order chi connectivity index (χ1) is 7.16. The van der Waals surface area contributed by atoms with Crippen LogP contribution >= 0.6 is 0 Å². The zero-order chi connectivity index (χ0) is 11.3. The van der Waals surface area contributed by atoms with Gasteiger partial charge in [0.1, 0.15) is 5.78 Å². The molecule has 2 N–H and O–H groups in total. The van der Waals surface area contributed by atoms with Gasteiger partial charge in [-0.15, -0.1) is 0 Å². The molecule has 0 amide bonds. The van der Waals surface area contributed by atoms with Gasteiger partial charge in [0.15, 0.2) is 0 Å². The third-order valence-corrected chi connectivity index (χ3v) is 2.47. The summed E-state index contributed by atoms with van der Waals surface area (Å²) in [5.74, 6) is -0.377. The van der Waals surface area contributed by atoms with Crippen molar-refractivity contribution in [3.63, 3.8) is 0 Å². The van der Waals surface area contributed by atoms with Crippen LogP contribution in [0.3, 0.4) is 0 Å². The average Bonchev–Trinajstić information content (AvgIpc) is 2.26. The minimum atomic E-state index is -0.726. The Kier molecular flexibility index (Phi) is 4.46. The van der Waals surface area contributed by atoms with Crippen LogP contribution in [0.1, 0.15) is 18.6 Å². The molecule has 0 saturated carbocycles. The number of rotatable bonds is 5. The number of aliphatic hydroxyl groups excluding tert-OH is 1. The van der Waals surface area contributed by atoms with E-state index in [0.717, 1.165) is 5.56 Å². The lowest BCUT2D eigenvalue weighted by atomic mass is 9.92. The molecule has 0 radical (unpaired) electrons. The fraction of sp³-hybridized carbons (Fsp3) is 0.417. The molecule has 0 spiro atoms. The first-order valence-corrected chi connectivity index (χ1v) is 5.05. The molecule has 0 heterocycles. The number of aliphatic hydroxyl groups is 1. The van der Waals surface area contributed by atoms with Gasteiger partial charge < -0.3 is 10.4 Å². The van der Waals surface area contributed by atoms with E-state index in [2.05, 4.69) is 5.32 Å². The summed E-state index contributed by atoms with van der Waals surface area (Å²) in [6.45, 7) is 2.00. The van der Waals surface area contributed by atoms with Crippen LogP contribution in [0, 0.1) is 5.92 Å². The standard InChI is InChI=1S/C12H17NO2/c1-9(14)11(8-13-2)12(15)10-6-4-3-5-7-10/h3-7,11-13,15H,8H2,1-2H3. The van der Waals surface area contributed by atoms with Gasteiger partial charge in [-0.3, -0.25) is 4.79 Å².